The van der Waals surface area contributed by atoms with Crippen molar-refractivity contribution in [2.24, 2.45) is 5.92 Å². The zero-order chi connectivity index (χ0) is 21.0. The number of fused-ring (bicyclic) bond motifs is 3. The van der Waals surface area contributed by atoms with Crippen molar-refractivity contribution in [2.45, 2.75) is 122 Å². The summed E-state index contributed by atoms with van der Waals surface area (Å²) in [5, 5.41) is 2.23. The van der Waals surface area contributed by atoms with Gasteiger partial charge in [-0.15, -0.1) is 0 Å². The summed E-state index contributed by atoms with van der Waals surface area (Å²) in [7, 11) is 0. The number of nitrogens with one attached hydrogen (secondary N) is 1. The third-order valence-electron chi connectivity index (χ3n) is 7.24. The van der Waals surface area contributed by atoms with Gasteiger partial charge in [-0.25, -0.2) is 0 Å². The molecule has 168 valence electrons. The molecule has 1 aromatic carbocycles. The van der Waals surface area contributed by atoms with Crippen molar-refractivity contribution in [1.82, 2.24) is 4.98 Å². The summed E-state index contributed by atoms with van der Waals surface area (Å²) >= 11 is 6.38. The molecule has 0 amide bonds. The van der Waals surface area contributed by atoms with Gasteiger partial charge in [0, 0.05) is 11.1 Å². The van der Waals surface area contributed by atoms with E-state index in [0.717, 1.165) is 16.5 Å². The van der Waals surface area contributed by atoms with E-state index >= 15 is 0 Å². The number of aryl methyl sites for hydroxylation is 1. The van der Waals surface area contributed by atoms with Crippen LogP contribution in [0, 0.1) is 5.92 Å². The third-order valence-corrected chi connectivity index (χ3v) is 7.56. The van der Waals surface area contributed by atoms with Crippen molar-refractivity contribution in [3.63, 3.8) is 0 Å². The molecule has 1 atom stereocenters. The van der Waals surface area contributed by atoms with Gasteiger partial charge in [-0.1, -0.05) is 127 Å². The number of rotatable bonds is 15. The van der Waals surface area contributed by atoms with Gasteiger partial charge in [0.05, 0.1) is 10.5 Å². The fraction of sp³-hybridized carbons (Fsp3) is 0.714. The number of hydrogen-bond donors (Lipinski definition) is 1. The number of para-hydroxylation sites is 1. The summed E-state index contributed by atoms with van der Waals surface area (Å²) in [5.74, 6) is 0.868. The van der Waals surface area contributed by atoms with Crippen molar-refractivity contribution in [3.8, 4) is 0 Å². The largest absolute Gasteiger partial charge is 0.357 e. The van der Waals surface area contributed by atoms with Crippen LogP contribution in [0.3, 0.4) is 0 Å². The first kappa shape index (κ1) is 23.7. The molecule has 0 bridgehead atoms. The predicted molar refractivity (Wildman–Crippen MR) is 134 cm³/mol. The van der Waals surface area contributed by atoms with Crippen LogP contribution in [-0.4, -0.2) is 4.98 Å². The molecule has 1 aliphatic carbocycles. The number of aromatic amines is 1. The maximum atomic E-state index is 6.38. The zero-order valence-electron chi connectivity index (χ0n) is 19.4. The van der Waals surface area contributed by atoms with Crippen molar-refractivity contribution >= 4 is 22.5 Å². The third kappa shape index (κ3) is 7.33. The molecule has 0 fully saturated rings. The summed E-state index contributed by atoms with van der Waals surface area (Å²) in [6.45, 7) is 2.30. The lowest BCUT2D eigenvalue weighted by Crippen LogP contribution is -2.13. The van der Waals surface area contributed by atoms with Gasteiger partial charge in [-0.3, -0.25) is 0 Å². The molecule has 30 heavy (non-hydrogen) atoms. The van der Waals surface area contributed by atoms with Crippen molar-refractivity contribution in [3.05, 3.63) is 34.5 Å². The summed E-state index contributed by atoms with van der Waals surface area (Å²) < 4.78 is 0. The lowest BCUT2D eigenvalue weighted by Gasteiger charge is -2.22. The van der Waals surface area contributed by atoms with E-state index < -0.39 is 0 Å². The Labute approximate surface area is 190 Å². The van der Waals surface area contributed by atoms with E-state index in [1.54, 1.807) is 5.56 Å². The quantitative estimate of drug-likeness (QED) is 0.271. The Morgan fingerprint density at radius 3 is 2.07 bits per heavy atom. The SMILES string of the molecule is CCCCCCCCCCCCCCCCC1CCc2[nH]c3c(Cl)cccc3c2C1. The number of H-pyrrole nitrogens is 1. The molecular formula is C28H44ClN. The second-order valence-corrected chi connectivity index (χ2v) is 10.1. The first-order valence-corrected chi connectivity index (χ1v) is 13.4. The van der Waals surface area contributed by atoms with Gasteiger partial charge in [0.2, 0.25) is 0 Å². The van der Waals surface area contributed by atoms with E-state index in [-0.39, 0.29) is 0 Å². The highest BCUT2D eigenvalue weighted by Gasteiger charge is 2.22. The topological polar surface area (TPSA) is 15.8 Å². The fourth-order valence-electron chi connectivity index (χ4n) is 5.35. The molecule has 1 aliphatic rings. The molecule has 0 aliphatic heterocycles. The Balaban J connectivity index is 1.20. The molecule has 0 radical (unpaired) electrons. The number of aromatic nitrogens is 1. The van der Waals surface area contributed by atoms with E-state index in [2.05, 4.69) is 24.0 Å². The summed E-state index contributed by atoms with van der Waals surface area (Å²) in [4.78, 5) is 3.59. The van der Waals surface area contributed by atoms with Crippen LogP contribution >= 0.6 is 11.6 Å². The standard InChI is InChI=1S/C28H44ClN/c1-2-3-4-5-6-7-8-9-10-11-12-13-14-15-17-23-20-21-27-25(22-23)24-18-16-19-26(29)28(24)30-27/h16,18-19,23,30H,2-15,17,20-22H2,1H3. The minimum absolute atomic E-state index is 0.866. The Morgan fingerprint density at radius 2 is 1.43 bits per heavy atom. The Kier molecular flexibility index (Phi) is 10.6. The molecular weight excluding hydrogens is 386 g/mol. The molecule has 2 heteroatoms. The highest BCUT2D eigenvalue weighted by atomic mass is 35.5. The molecule has 0 saturated carbocycles. The minimum Gasteiger partial charge on any atom is -0.357 e. The van der Waals surface area contributed by atoms with E-state index in [9.17, 15) is 0 Å². The average molecular weight is 430 g/mol. The van der Waals surface area contributed by atoms with E-state index in [0.29, 0.717) is 0 Å². The van der Waals surface area contributed by atoms with Gasteiger partial charge < -0.3 is 4.98 Å². The molecule has 1 nitrogen and oxygen atoms in total. The van der Waals surface area contributed by atoms with Crippen molar-refractivity contribution in [2.75, 3.05) is 0 Å². The van der Waals surface area contributed by atoms with Gasteiger partial charge in [-0.2, -0.15) is 0 Å². The van der Waals surface area contributed by atoms with Crippen LogP contribution in [0.1, 0.15) is 121 Å². The Morgan fingerprint density at radius 1 is 0.833 bits per heavy atom. The van der Waals surface area contributed by atoms with E-state index in [1.165, 1.54) is 127 Å². The first-order chi connectivity index (χ1) is 14.8. The maximum Gasteiger partial charge on any atom is 0.0648 e. The summed E-state index contributed by atoms with van der Waals surface area (Å²) in [6.07, 6.45) is 25.4. The van der Waals surface area contributed by atoms with E-state index in [1.807, 2.05) is 6.07 Å². The second kappa shape index (κ2) is 13.5. The average Bonchev–Trinajstić information content (AvgIpc) is 3.13. The van der Waals surface area contributed by atoms with Crippen molar-refractivity contribution in [1.29, 1.82) is 0 Å². The van der Waals surface area contributed by atoms with Crippen LogP contribution in [0.4, 0.5) is 0 Å². The lowest BCUT2D eigenvalue weighted by atomic mass is 9.83. The van der Waals surface area contributed by atoms with Crippen LogP contribution in [0.15, 0.2) is 18.2 Å². The zero-order valence-corrected chi connectivity index (χ0v) is 20.2. The molecule has 0 saturated heterocycles. The highest BCUT2D eigenvalue weighted by Crippen LogP contribution is 2.36. The number of halogens is 1. The van der Waals surface area contributed by atoms with Gasteiger partial charge in [0.1, 0.15) is 0 Å². The molecule has 1 heterocycles. The van der Waals surface area contributed by atoms with Crippen LogP contribution in [-0.2, 0) is 12.8 Å². The Bertz CT molecular complexity index is 732. The number of benzene rings is 1. The second-order valence-electron chi connectivity index (χ2n) is 9.74. The monoisotopic (exact) mass is 429 g/mol. The Hall–Kier alpha value is -0.950. The number of unbranched alkanes of at least 4 members (excludes halogenated alkanes) is 13. The lowest BCUT2D eigenvalue weighted by molar-refractivity contribution is 0.403. The van der Waals surface area contributed by atoms with Crippen LogP contribution in [0.2, 0.25) is 5.02 Å². The smallest absolute Gasteiger partial charge is 0.0648 e. The molecule has 0 spiro atoms. The van der Waals surface area contributed by atoms with Crippen LogP contribution in [0.5, 0.6) is 0 Å². The van der Waals surface area contributed by atoms with Crippen LogP contribution < -0.4 is 0 Å². The van der Waals surface area contributed by atoms with E-state index in [4.69, 9.17) is 11.6 Å². The normalized spacial score (nSPS) is 16.3. The summed E-state index contributed by atoms with van der Waals surface area (Å²) in [6, 6.07) is 6.33. The molecule has 3 rings (SSSR count). The highest BCUT2D eigenvalue weighted by molar-refractivity contribution is 6.35. The fourth-order valence-corrected chi connectivity index (χ4v) is 5.57. The first-order valence-electron chi connectivity index (χ1n) is 13.1. The van der Waals surface area contributed by atoms with Crippen molar-refractivity contribution < 1.29 is 0 Å². The predicted octanol–water partition coefficient (Wildman–Crippen LogP) is 9.80. The molecule has 2 aromatic rings. The van der Waals surface area contributed by atoms with Gasteiger partial charge in [0.15, 0.2) is 0 Å². The van der Waals surface area contributed by atoms with Gasteiger partial charge in [-0.05, 0) is 36.8 Å². The molecule has 1 aromatic heterocycles. The van der Waals surface area contributed by atoms with Gasteiger partial charge in [0.25, 0.3) is 0 Å². The van der Waals surface area contributed by atoms with Crippen LogP contribution in [0.25, 0.3) is 10.9 Å². The van der Waals surface area contributed by atoms with Gasteiger partial charge >= 0.3 is 0 Å². The minimum atomic E-state index is 0.866. The molecule has 1 N–H and O–H groups in total. The molecule has 1 unspecified atom stereocenters. The maximum absolute atomic E-state index is 6.38. The number of hydrogen-bond acceptors (Lipinski definition) is 0. The summed E-state index contributed by atoms with van der Waals surface area (Å²) in [5.41, 5.74) is 4.14.